The standard InChI is InChI=1S/C13H9BrN2O2S/c14-12-6-8-15-13-11(12)7-9-16(13)19(17,18)10-4-2-1-3-5-10/h1-9H/i6D,8D. The van der Waals surface area contributed by atoms with Gasteiger partial charge >= 0.3 is 0 Å². The number of halogens is 1. The molecule has 0 saturated heterocycles. The summed E-state index contributed by atoms with van der Waals surface area (Å²) in [4.78, 5) is 4.06. The van der Waals surface area contributed by atoms with Crippen LogP contribution in [0.15, 0.2) is 64.2 Å². The van der Waals surface area contributed by atoms with Crippen molar-refractivity contribution in [3.63, 3.8) is 0 Å². The number of hydrogen-bond donors (Lipinski definition) is 0. The van der Waals surface area contributed by atoms with E-state index in [4.69, 9.17) is 2.74 Å². The van der Waals surface area contributed by atoms with E-state index in [-0.39, 0.29) is 22.8 Å². The first kappa shape index (κ1) is 10.2. The third kappa shape index (κ3) is 1.97. The van der Waals surface area contributed by atoms with Crippen LogP contribution in [-0.2, 0) is 10.0 Å². The van der Waals surface area contributed by atoms with Gasteiger partial charge in [0.25, 0.3) is 10.0 Å². The van der Waals surface area contributed by atoms with Crippen LogP contribution >= 0.6 is 15.9 Å². The Bertz CT molecular complexity index is 940. The smallest absolute Gasteiger partial charge is 0.237 e. The molecular weight excluding hydrogens is 328 g/mol. The van der Waals surface area contributed by atoms with Crippen molar-refractivity contribution >= 4 is 37.0 Å². The highest BCUT2D eigenvalue weighted by Crippen LogP contribution is 2.25. The molecule has 0 amide bonds. The van der Waals surface area contributed by atoms with Crippen LogP contribution in [-0.4, -0.2) is 17.4 Å². The third-order valence-corrected chi connectivity index (χ3v) is 5.00. The van der Waals surface area contributed by atoms with Crippen LogP contribution in [0.4, 0.5) is 0 Å². The molecule has 0 unspecified atom stereocenters. The van der Waals surface area contributed by atoms with Crippen LogP contribution in [0.25, 0.3) is 11.0 Å². The predicted octanol–water partition coefficient (Wildman–Crippen LogP) is 3.04. The van der Waals surface area contributed by atoms with Crippen molar-refractivity contribution in [2.45, 2.75) is 4.90 Å². The predicted molar refractivity (Wildman–Crippen MR) is 76.5 cm³/mol. The molecule has 0 saturated carbocycles. The van der Waals surface area contributed by atoms with Gasteiger partial charge in [0, 0.05) is 22.2 Å². The summed E-state index contributed by atoms with van der Waals surface area (Å²) in [6.45, 7) is 0. The van der Waals surface area contributed by atoms with Crippen molar-refractivity contribution in [2.75, 3.05) is 0 Å². The van der Waals surface area contributed by atoms with E-state index in [1.807, 2.05) is 0 Å². The lowest BCUT2D eigenvalue weighted by Crippen LogP contribution is -2.12. The lowest BCUT2D eigenvalue weighted by molar-refractivity contribution is 0.589. The molecule has 96 valence electrons. The van der Waals surface area contributed by atoms with Gasteiger partial charge < -0.3 is 0 Å². The summed E-state index contributed by atoms with van der Waals surface area (Å²) in [6.07, 6.45) is 1.10. The van der Waals surface area contributed by atoms with Crippen molar-refractivity contribution in [1.82, 2.24) is 8.96 Å². The van der Waals surface area contributed by atoms with Gasteiger partial charge in [-0.25, -0.2) is 17.4 Å². The molecule has 0 atom stereocenters. The van der Waals surface area contributed by atoms with Crippen LogP contribution in [0.3, 0.4) is 0 Å². The third-order valence-electron chi connectivity index (χ3n) is 2.69. The zero-order valence-electron chi connectivity index (χ0n) is 11.5. The topological polar surface area (TPSA) is 52.0 Å². The summed E-state index contributed by atoms with van der Waals surface area (Å²) in [5, 5.41) is 0.482. The normalized spacial score (nSPS) is 13.3. The van der Waals surface area contributed by atoms with Crippen LogP contribution in [0, 0.1) is 0 Å². The molecule has 0 fully saturated rings. The Labute approximate surface area is 121 Å². The number of aromatic nitrogens is 2. The lowest BCUT2D eigenvalue weighted by atomic mass is 10.3. The second-order valence-corrected chi connectivity index (χ2v) is 6.44. The molecule has 1 aromatic carbocycles. The first-order valence-corrected chi connectivity index (χ1v) is 7.60. The Morgan fingerprint density at radius 3 is 2.68 bits per heavy atom. The largest absolute Gasteiger partial charge is 0.269 e. The highest BCUT2D eigenvalue weighted by Gasteiger charge is 2.19. The monoisotopic (exact) mass is 338 g/mol. The molecule has 19 heavy (non-hydrogen) atoms. The SMILES string of the molecule is [2H]c1nc2c(ccn2S(=O)(=O)c2ccccc2)c(Br)c1[2H]. The second kappa shape index (κ2) is 4.47. The number of nitrogens with zero attached hydrogens (tertiary/aromatic N) is 2. The maximum atomic E-state index is 12.6. The average molecular weight is 339 g/mol. The Morgan fingerprint density at radius 2 is 1.95 bits per heavy atom. The Kier molecular flexibility index (Phi) is 2.39. The van der Waals surface area contributed by atoms with Gasteiger partial charge in [0.15, 0.2) is 5.65 Å². The van der Waals surface area contributed by atoms with Crippen molar-refractivity contribution < 1.29 is 11.2 Å². The lowest BCUT2D eigenvalue weighted by Gasteiger charge is -2.06. The molecule has 0 radical (unpaired) electrons. The van der Waals surface area contributed by atoms with Crippen LogP contribution in [0.1, 0.15) is 2.74 Å². The Hall–Kier alpha value is -1.66. The van der Waals surface area contributed by atoms with Crippen molar-refractivity contribution in [3.8, 4) is 0 Å². The molecule has 2 aromatic heterocycles. The highest BCUT2D eigenvalue weighted by atomic mass is 79.9. The van der Waals surface area contributed by atoms with Gasteiger partial charge in [0.2, 0.25) is 0 Å². The van der Waals surface area contributed by atoms with Gasteiger partial charge in [-0.1, -0.05) is 18.2 Å². The first-order valence-electron chi connectivity index (χ1n) is 6.37. The van der Waals surface area contributed by atoms with E-state index < -0.39 is 10.0 Å². The fourth-order valence-corrected chi connectivity index (χ4v) is 3.50. The highest BCUT2D eigenvalue weighted by molar-refractivity contribution is 9.10. The maximum absolute atomic E-state index is 12.6. The quantitative estimate of drug-likeness (QED) is 0.721. The fourth-order valence-electron chi connectivity index (χ4n) is 1.78. The van der Waals surface area contributed by atoms with E-state index in [1.165, 1.54) is 18.3 Å². The van der Waals surface area contributed by atoms with Crippen LogP contribution in [0.5, 0.6) is 0 Å². The summed E-state index contributed by atoms with van der Waals surface area (Å²) >= 11 is 3.21. The van der Waals surface area contributed by atoms with Gasteiger partial charge in [-0.05, 0) is 40.2 Å². The van der Waals surface area contributed by atoms with E-state index in [1.54, 1.807) is 24.3 Å². The number of rotatable bonds is 2. The number of benzene rings is 1. The molecule has 3 rings (SSSR count). The maximum Gasteiger partial charge on any atom is 0.269 e. The molecule has 3 aromatic rings. The minimum atomic E-state index is -3.78. The summed E-state index contributed by atoms with van der Waals surface area (Å²) in [6, 6.07) is 9.49. The van der Waals surface area contributed by atoms with Gasteiger partial charge in [-0.2, -0.15) is 0 Å². The van der Waals surface area contributed by atoms with Gasteiger partial charge in [-0.15, -0.1) is 0 Å². The van der Waals surface area contributed by atoms with Gasteiger partial charge in [0.1, 0.15) is 0 Å². The Balaban J connectivity index is 2.32. The van der Waals surface area contributed by atoms with Crippen molar-refractivity contribution in [1.29, 1.82) is 0 Å². The first-order chi connectivity index (χ1) is 9.93. The summed E-state index contributed by atoms with van der Waals surface area (Å²) in [5.74, 6) is 0. The second-order valence-electron chi connectivity index (χ2n) is 3.83. The van der Waals surface area contributed by atoms with E-state index in [0.717, 1.165) is 3.97 Å². The minimum Gasteiger partial charge on any atom is -0.237 e. The van der Waals surface area contributed by atoms with E-state index in [9.17, 15) is 8.42 Å². The molecule has 0 bridgehead atoms. The molecule has 4 nitrogen and oxygen atoms in total. The minimum absolute atomic E-state index is 0.0719. The van der Waals surface area contributed by atoms with Crippen LogP contribution < -0.4 is 0 Å². The van der Waals surface area contributed by atoms with Gasteiger partial charge in [-0.3, -0.25) is 0 Å². The van der Waals surface area contributed by atoms with E-state index in [0.29, 0.717) is 9.86 Å². The number of fused-ring (bicyclic) bond motifs is 1. The molecule has 0 spiro atoms. The van der Waals surface area contributed by atoms with Crippen LogP contribution in [0.2, 0.25) is 0 Å². The molecular formula is C13H9BrN2O2S. The average Bonchev–Trinajstić information content (AvgIpc) is 2.90. The number of hydrogen-bond acceptors (Lipinski definition) is 3. The fraction of sp³-hybridized carbons (Fsp3) is 0. The Morgan fingerprint density at radius 1 is 1.21 bits per heavy atom. The summed E-state index contributed by atoms with van der Waals surface area (Å²) in [5.41, 5.74) is 0.131. The van der Waals surface area contributed by atoms with Gasteiger partial charge in [0.05, 0.1) is 7.64 Å². The van der Waals surface area contributed by atoms with Crippen molar-refractivity contribution in [2.24, 2.45) is 0 Å². The summed E-state index contributed by atoms with van der Waals surface area (Å²) in [7, 11) is -3.78. The van der Waals surface area contributed by atoms with E-state index >= 15 is 0 Å². The zero-order chi connectivity index (χ0) is 15.2. The molecule has 0 aliphatic heterocycles. The molecule has 0 N–H and O–H groups in total. The van der Waals surface area contributed by atoms with Crippen molar-refractivity contribution in [3.05, 3.63) is 59.3 Å². The van der Waals surface area contributed by atoms with E-state index in [2.05, 4.69) is 20.9 Å². The molecule has 0 aliphatic rings. The molecule has 0 aliphatic carbocycles. The summed E-state index contributed by atoms with van der Waals surface area (Å²) < 4.78 is 42.0. The zero-order valence-corrected chi connectivity index (χ0v) is 11.9. The molecule has 2 heterocycles. The number of pyridine rings is 1. The molecule has 6 heteroatoms.